The molecule has 0 radical (unpaired) electrons. The zero-order valence-electron chi connectivity index (χ0n) is 7.84. The van der Waals surface area contributed by atoms with E-state index in [2.05, 4.69) is 21.0 Å². The first-order chi connectivity index (χ1) is 7.09. The molecule has 0 amide bonds. The Morgan fingerprint density at radius 3 is 2.40 bits per heavy atom. The Hall–Kier alpha value is -0.870. The van der Waals surface area contributed by atoms with Gasteiger partial charge in [0.2, 0.25) is 0 Å². The summed E-state index contributed by atoms with van der Waals surface area (Å²) in [4.78, 5) is 0. The lowest BCUT2D eigenvalue weighted by atomic mass is 10.3. The van der Waals surface area contributed by atoms with Crippen molar-refractivity contribution in [1.82, 2.24) is 9.78 Å². The molecule has 5 heteroatoms. The largest absolute Gasteiger partial charge is 0.221 e. The van der Waals surface area contributed by atoms with Crippen LogP contribution in [0.1, 0.15) is 5.69 Å². The van der Waals surface area contributed by atoms with Gasteiger partial charge in [0.05, 0.1) is 15.9 Å². The minimum absolute atomic E-state index is 0.280. The summed E-state index contributed by atoms with van der Waals surface area (Å²) in [7, 11) is 0. The summed E-state index contributed by atoms with van der Waals surface area (Å²) >= 11 is 9.37. The van der Waals surface area contributed by atoms with Gasteiger partial charge in [0.15, 0.2) is 0 Å². The molecule has 0 unspecified atom stereocenters. The van der Waals surface area contributed by atoms with Crippen LogP contribution in [0.5, 0.6) is 0 Å². The van der Waals surface area contributed by atoms with Gasteiger partial charge >= 0.3 is 0 Å². The van der Waals surface area contributed by atoms with E-state index in [9.17, 15) is 4.39 Å². The maximum atomic E-state index is 12.7. The van der Waals surface area contributed by atoms with Crippen molar-refractivity contribution in [3.05, 3.63) is 45.4 Å². The number of hydrogen-bond acceptors (Lipinski definition) is 1. The Morgan fingerprint density at radius 1 is 1.33 bits per heavy atom. The third-order valence-corrected chi connectivity index (χ3v) is 3.53. The van der Waals surface area contributed by atoms with Crippen molar-refractivity contribution in [3.63, 3.8) is 0 Å². The summed E-state index contributed by atoms with van der Waals surface area (Å²) in [6, 6.07) is 5.99. The van der Waals surface area contributed by atoms with Crippen LogP contribution in [0, 0.1) is 12.7 Å². The standard InChI is InChI=1S/C10H7BrClFN2/c1-6-9(11)10(12)15(14-6)8-4-2-7(13)3-5-8/h2-5H,1H3. The molecule has 0 aliphatic heterocycles. The third-order valence-electron chi connectivity index (χ3n) is 2.01. The molecule has 0 bridgehead atoms. The Kier molecular flexibility index (Phi) is 2.80. The maximum absolute atomic E-state index is 12.7. The maximum Gasteiger partial charge on any atom is 0.147 e. The number of aryl methyl sites for hydroxylation is 1. The lowest BCUT2D eigenvalue weighted by Crippen LogP contribution is -1.96. The second kappa shape index (κ2) is 3.94. The van der Waals surface area contributed by atoms with Gasteiger partial charge in [-0.2, -0.15) is 5.10 Å². The molecular weight excluding hydrogens is 282 g/mol. The molecule has 78 valence electrons. The molecule has 0 saturated heterocycles. The van der Waals surface area contributed by atoms with Gasteiger partial charge in [0, 0.05) is 0 Å². The highest BCUT2D eigenvalue weighted by molar-refractivity contribution is 9.10. The third kappa shape index (κ3) is 1.92. The van der Waals surface area contributed by atoms with Crippen molar-refractivity contribution in [3.8, 4) is 5.69 Å². The second-order valence-electron chi connectivity index (χ2n) is 3.08. The van der Waals surface area contributed by atoms with E-state index in [1.54, 1.807) is 16.8 Å². The van der Waals surface area contributed by atoms with Gasteiger partial charge in [-0.1, -0.05) is 11.6 Å². The SMILES string of the molecule is Cc1nn(-c2ccc(F)cc2)c(Cl)c1Br. The summed E-state index contributed by atoms with van der Waals surface area (Å²) in [5.41, 5.74) is 1.53. The second-order valence-corrected chi connectivity index (χ2v) is 4.23. The van der Waals surface area contributed by atoms with Gasteiger partial charge in [-0.15, -0.1) is 0 Å². The van der Waals surface area contributed by atoms with Crippen molar-refractivity contribution in [2.24, 2.45) is 0 Å². The average Bonchev–Trinajstić information content (AvgIpc) is 2.47. The summed E-state index contributed by atoms with van der Waals surface area (Å²) in [5, 5.41) is 4.71. The van der Waals surface area contributed by atoms with Crippen molar-refractivity contribution in [2.45, 2.75) is 6.92 Å². The topological polar surface area (TPSA) is 17.8 Å². The summed E-state index contributed by atoms with van der Waals surface area (Å²) < 4.78 is 15.0. The Labute approximate surface area is 99.8 Å². The first-order valence-corrected chi connectivity index (χ1v) is 5.43. The molecule has 0 saturated carbocycles. The molecule has 1 aromatic carbocycles. The van der Waals surface area contributed by atoms with Gasteiger partial charge in [0.25, 0.3) is 0 Å². The van der Waals surface area contributed by atoms with Crippen LogP contribution in [0.15, 0.2) is 28.7 Å². The highest BCUT2D eigenvalue weighted by atomic mass is 79.9. The van der Waals surface area contributed by atoms with Crippen molar-refractivity contribution in [1.29, 1.82) is 0 Å². The Morgan fingerprint density at radius 2 is 1.93 bits per heavy atom. The van der Waals surface area contributed by atoms with E-state index in [0.717, 1.165) is 15.9 Å². The predicted molar refractivity (Wildman–Crippen MR) is 61.0 cm³/mol. The van der Waals surface area contributed by atoms with Crippen LogP contribution in [-0.4, -0.2) is 9.78 Å². The lowest BCUT2D eigenvalue weighted by Gasteiger charge is -2.01. The van der Waals surface area contributed by atoms with Crippen LogP contribution in [0.4, 0.5) is 4.39 Å². The fourth-order valence-corrected chi connectivity index (χ4v) is 1.75. The zero-order valence-corrected chi connectivity index (χ0v) is 10.2. The number of benzene rings is 1. The summed E-state index contributed by atoms with van der Waals surface area (Å²) in [6.45, 7) is 1.84. The average molecular weight is 290 g/mol. The van der Waals surface area contributed by atoms with Gasteiger partial charge < -0.3 is 0 Å². The van der Waals surface area contributed by atoms with Crippen molar-refractivity contribution < 1.29 is 4.39 Å². The normalized spacial score (nSPS) is 10.7. The molecule has 2 nitrogen and oxygen atoms in total. The van der Waals surface area contributed by atoms with Crippen LogP contribution in [-0.2, 0) is 0 Å². The fourth-order valence-electron chi connectivity index (χ4n) is 1.23. The summed E-state index contributed by atoms with van der Waals surface area (Å²) in [5.74, 6) is -0.280. The number of hydrogen-bond donors (Lipinski definition) is 0. The van der Waals surface area contributed by atoms with E-state index in [0.29, 0.717) is 5.15 Å². The minimum Gasteiger partial charge on any atom is -0.221 e. The number of rotatable bonds is 1. The van der Waals surface area contributed by atoms with E-state index < -0.39 is 0 Å². The Bertz CT molecular complexity index is 493. The van der Waals surface area contributed by atoms with Crippen molar-refractivity contribution in [2.75, 3.05) is 0 Å². The first kappa shape index (κ1) is 10.6. The Balaban J connectivity index is 2.54. The number of halogens is 3. The highest BCUT2D eigenvalue weighted by Crippen LogP contribution is 2.28. The molecule has 15 heavy (non-hydrogen) atoms. The van der Waals surface area contributed by atoms with E-state index in [1.807, 2.05) is 6.92 Å². The molecule has 0 atom stereocenters. The summed E-state index contributed by atoms with van der Waals surface area (Å²) in [6.07, 6.45) is 0. The number of nitrogens with zero attached hydrogens (tertiary/aromatic N) is 2. The van der Waals surface area contributed by atoms with Crippen LogP contribution < -0.4 is 0 Å². The lowest BCUT2D eigenvalue weighted by molar-refractivity contribution is 0.627. The first-order valence-electron chi connectivity index (χ1n) is 4.26. The van der Waals surface area contributed by atoms with Gasteiger partial charge in [-0.25, -0.2) is 9.07 Å². The molecule has 1 heterocycles. The monoisotopic (exact) mass is 288 g/mol. The smallest absolute Gasteiger partial charge is 0.147 e. The number of aromatic nitrogens is 2. The zero-order chi connectivity index (χ0) is 11.0. The molecule has 2 rings (SSSR count). The molecule has 0 spiro atoms. The van der Waals surface area contributed by atoms with Crippen LogP contribution in [0.25, 0.3) is 5.69 Å². The van der Waals surface area contributed by atoms with Gasteiger partial charge in [-0.3, -0.25) is 0 Å². The van der Waals surface area contributed by atoms with Crippen LogP contribution in [0.2, 0.25) is 5.15 Å². The molecule has 0 aliphatic carbocycles. The van der Waals surface area contributed by atoms with E-state index in [4.69, 9.17) is 11.6 Å². The van der Waals surface area contributed by atoms with Gasteiger partial charge in [-0.05, 0) is 47.1 Å². The van der Waals surface area contributed by atoms with Crippen LogP contribution in [0.3, 0.4) is 0 Å². The molecule has 1 aromatic heterocycles. The molecule has 2 aromatic rings. The highest BCUT2D eigenvalue weighted by Gasteiger charge is 2.11. The molecular formula is C10H7BrClFN2. The molecule has 0 N–H and O–H groups in total. The predicted octanol–water partition coefficient (Wildman–Crippen LogP) is 3.74. The van der Waals surface area contributed by atoms with E-state index in [1.165, 1.54) is 12.1 Å². The molecule has 0 aliphatic rings. The minimum atomic E-state index is -0.280. The fraction of sp³-hybridized carbons (Fsp3) is 0.100. The van der Waals surface area contributed by atoms with Crippen LogP contribution >= 0.6 is 27.5 Å². The molecule has 0 fully saturated rings. The van der Waals surface area contributed by atoms with Gasteiger partial charge in [0.1, 0.15) is 11.0 Å². The van der Waals surface area contributed by atoms with E-state index in [-0.39, 0.29) is 5.82 Å². The van der Waals surface area contributed by atoms with E-state index >= 15 is 0 Å². The van der Waals surface area contributed by atoms with Crippen molar-refractivity contribution >= 4 is 27.5 Å². The quantitative estimate of drug-likeness (QED) is 0.782.